The van der Waals surface area contributed by atoms with Crippen LogP contribution in [0, 0.1) is 0 Å². The molecule has 0 aliphatic carbocycles. The van der Waals surface area contributed by atoms with Crippen LogP contribution >= 0.6 is 27.5 Å². The third-order valence-electron chi connectivity index (χ3n) is 1.81. The highest BCUT2D eigenvalue weighted by molar-refractivity contribution is 9.10. The summed E-state index contributed by atoms with van der Waals surface area (Å²) in [6, 6.07) is 3.36. The summed E-state index contributed by atoms with van der Waals surface area (Å²) in [7, 11) is -1.61. The number of rotatable bonds is 4. The minimum Gasteiger partial charge on any atom is -0.492 e. The maximum Gasteiger partial charge on any atom is 0.491 e. The van der Waals surface area contributed by atoms with Crippen LogP contribution in [0.3, 0.4) is 0 Å². The molecule has 0 aliphatic rings. The van der Waals surface area contributed by atoms with Crippen molar-refractivity contribution in [2.45, 2.75) is 13.3 Å². The second-order valence-electron chi connectivity index (χ2n) is 3.00. The first-order valence-electron chi connectivity index (χ1n) is 4.54. The molecule has 0 amide bonds. The Kier molecular flexibility index (Phi) is 4.92. The summed E-state index contributed by atoms with van der Waals surface area (Å²) in [6.07, 6.45) is 0.864. The topological polar surface area (TPSA) is 49.7 Å². The Labute approximate surface area is 102 Å². The number of ether oxygens (including phenoxy) is 1. The molecule has 0 saturated heterocycles. The van der Waals surface area contributed by atoms with E-state index in [2.05, 4.69) is 15.9 Å². The number of hydrogen-bond donors (Lipinski definition) is 2. The van der Waals surface area contributed by atoms with E-state index >= 15 is 0 Å². The van der Waals surface area contributed by atoms with Crippen molar-refractivity contribution < 1.29 is 14.8 Å². The second-order valence-corrected chi connectivity index (χ2v) is 4.23. The average molecular weight is 293 g/mol. The maximum absolute atomic E-state index is 9.12. The smallest absolute Gasteiger partial charge is 0.491 e. The van der Waals surface area contributed by atoms with E-state index in [4.69, 9.17) is 26.4 Å². The summed E-state index contributed by atoms with van der Waals surface area (Å²) in [4.78, 5) is 0. The minimum atomic E-state index is -1.61. The molecule has 82 valence electrons. The lowest BCUT2D eigenvalue weighted by atomic mass is 9.80. The van der Waals surface area contributed by atoms with Crippen LogP contribution in [0.2, 0.25) is 5.02 Å². The van der Waals surface area contributed by atoms with Gasteiger partial charge in [-0.25, -0.2) is 0 Å². The van der Waals surface area contributed by atoms with Crippen molar-refractivity contribution >= 4 is 40.1 Å². The predicted molar refractivity (Wildman–Crippen MR) is 64.8 cm³/mol. The van der Waals surface area contributed by atoms with E-state index in [-0.39, 0.29) is 10.5 Å². The molecule has 6 heteroatoms. The molecule has 0 fully saturated rings. The molecule has 0 unspecified atom stereocenters. The monoisotopic (exact) mass is 292 g/mol. The van der Waals surface area contributed by atoms with Crippen LogP contribution < -0.4 is 10.2 Å². The summed E-state index contributed by atoms with van der Waals surface area (Å²) in [5.41, 5.74) is 0.227. The fraction of sp³-hybridized carbons (Fsp3) is 0.333. The van der Waals surface area contributed by atoms with Crippen molar-refractivity contribution in [3.8, 4) is 5.75 Å². The van der Waals surface area contributed by atoms with E-state index in [0.29, 0.717) is 16.8 Å². The van der Waals surface area contributed by atoms with Crippen LogP contribution in [0.15, 0.2) is 16.6 Å². The van der Waals surface area contributed by atoms with Crippen LogP contribution in [0.1, 0.15) is 13.3 Å². The Balaban J connectivity index is 3.05. The molecular formula is C9H11BBrClO3. The summed E-state index contributed by atoms with van der Waals surface area (Å²) in [6.45, 7) is 2.52. The molecule has 0 spiro atoms. The lowest BCUT2D eigenvalue weighted by Crippen LogP contribution is -2.32. The fourth-order valence-corrected chi connectivity index (χ4v) is 2.08. The number of benzene rings is 1. The van der Waals surface area contributed by atoms with Crippen LogP contribution in [0.4, 0.5) is 0 Å². The molecule has 0 aliphatic heterocycles. The Morgan fingerprint density at radius 3 is 2.67 bits per heavy atom. The lowest BCUT2D eigenvalue weighted by Gasteiger charge is -2.11. The molecule has 1 aromatic rings. The summed E-state index contributed by atoms with van der Waals surface area (Å²) in [5.74, 6) is 0.463. The molecule has 0 atom stereocenters. The summed E-state index contributed by atoms with van der Waals surface area (Å²) < 4.78 is 5.90. The van der Waals surface area contributed by atoms with Crippen molar-refractivity contribution in [2.24, 2.45) is 0 Å². The minimum absolute atomic E-state index is 0.227. The molecule has 3 nitrogen and oxygen atoms in total. The third-order valence-corrected chi connectivity index (χ3v) is 2.89. The zero-order valence-corrected chi connectivity index (χ0v) is 10.5. The molecule has 1 rings (SSSR count). The van der Waals surface area contributed by atoms with E-state index in [9.17, 15) is 0 Å². The Morgan fingerprint density at radius 1 is 1.47 bits per heavy atom. The van der Waals surface area contributed by atoms with Gasteiger partial charge in [0.1, 0.15) is 5.75 Å². The molecule has 15 heavy (non-hydrogen) atoms. The predicted octanol–water partition coefficient (Wildman–Crippen LogP) is 1.57. The van der Waals surface area contributed by atoms with Crippen molar-refractivity contribution in [1.82, 2.24) is 0 Å². The van der Waals surface area contributed by atoms with Gasteiger partial charge < -0.3 is 14.8 Å². The van der Waals surface area contributed by atoms with Gasteiger partial charge in [0.25, 0.3) is 0 Å². The third kappa shape index (κ3) is 3.11. The molecule has 0 heterocycles. The maximum atomic E-state index is 9.12. The second kappa shape index (κ2) is 5.75. The lowest BCUT2D eigenvalue weighted by molar-refractivity contribution is 0.317. The molecule has 2 N–H and O–H groups in total. The molecule has 0 aromatic heterocycles. The van der Waals surface area contributed by atoms with Gasteiger partial charge in [-0.05, 0) is 18.6 Å². The molecule has 0 saturated carbocycles. The highest BCUT2D eigenvalue weighted by Crippen LogP contribution is 2.26. The van der Waals surface area contributed by atoms with E-state index in [0.717, 1.165) is 6.42 Å². The highest BCUT2D eigenvalue weighted by atomic mass is 79.9. The van der Waals surface area contributed by atoms with Gasteiger partial charge in [-0.1, -0.05) is 34.5 Å². The van der Waals surface area contributed by atoms with Gasteiger partial charge in [-0.3, -0.25) is 0 Å². The van der Waals surface area contributed by atoms with E-state index in [1.165, 1.54) is 0 Å². The van der Waals surface area contributed by atoms with Gasteiger partial charge in [0.05, 0.1) is 11.6 Å². The van der Waals surface area contributed by atoms with Crippen molar-refractivity contribution in [2.75, 3.05) is 6.61 Å². The standard InChI is InChI=1S/C9H11BBrClO3/c1-2-5-15-7-4-3-6(11)8(9(7)12)10(13)14/h3-4,13-14H,2,5H2,1H3. The van der Waals surface area contributed by atoms with Gasteiger partial charge in [0.2, 0.25) is 0 Å². The van der Waals surface area contributed by atoms with Gasteiger partial charge in [0, 0.05) is 9.94 Å². The molecule has 0 bridgehead atoms. The van der Waals surface area contributed by atoms with Gasteiger partial charge in [-0.15, -0.1) is 0 Å². The van der Waals surface area contributed by atoms with Gasteiger partial charge in [-0.2, -0.15) is 0 Å². The van der Waals surface area contributed by atoms with Crippen molar-refractivity contribution in [3.05, 3.63) is 21.6 Å². The summed E-state index contributed by atoms with van der Waals surface area (Å²) >= 11 is 9.16. The van der Waals surface area contributed by atoms with Crippen LogP contribution in [-0.4, -0.2) is 23.8 Å². The van der Waals surface area contributed by atoms with E-state index < -0.39 is 7.12 Å². The fourth-order valence-electron chi connectivity index (χ4n) is 1.11. The number of halogens is 2. The largest absolute Gasteiger partial charge is 0.492 e. The van der Waals surface area contributed by atoms with Crippen LogP contribution in [0.5, 0.6) is 5.75 Å². The van der Waals surface area contributed by atoms with Crippen molar-refractivity contribution in [1.29, 1.82) is 0 Å². The van der Waals surface area contributed by atoms with Crippen LogP contribution in [-0.2, 0) is 0 Å². The van der Waals surface area contributed by atoms with Gasteiger partial charge in [0.15, 0.2) is 0 Å². The normalized spacial score (nSPS) is 10.2. The molecular weight excluding hydrogens is 282 g/mol. The molecule has 0 radical (unpaired) electrons. The van der Waals surface area contributed by atoms with E-state index in [1.54, 1.807) is 12.1 Å². The Bertz CT molecular complexity index is 346. The van der Waals surface area contributed by atoms with Gasteiger partial charge >= 0.3 is 7.12 Å². The zero-order chi connectivity index (χ0) is 11.4. The quantitative estimate of drug-likeness (QED) is 0.829. The number of hydrogen-bond acceptors (Lipinski definition) is 3. The van der Waals surface area contributed by atoms with E-state index in [1.807, 2.05) is 6.92 Å². The molecule has 1 aromatic carbocycles. The first-order valence-corrected chi connectivity index (χ1v) is 5.71. The Morgan fingerprint density at radius 2 is 2.13 bits per heavy atom. The Hall–Kier alpha value is -0.225. The highest BCUT2D eigenvalue weighted by Gasteiger charge is 2.21. The first-order chi connectivity index (χ1) is 7.07. The van der Waals surface area contributed by atoms with Crippen LogP contribution in [0.25, 0.3) is 0 Å². The average Bonchev–Trinajstić information content (AvgIpc) is 2.16. The SMILES string of the molecule is CCCOc1ccc(Br)c(B(O)O)c1Cl. The first kappa shape index (κ1) is 12.8. The van der Waals surface area contributed by atoms with Crippen molar-refractivity contribution in [3.63, 3.8) is 0 Å². The summed E-state index contributed by atoms with van der Waals surface area (Å²) in [5, 5.41) is 18.5. The zero-order valence-electron chi connectivity index (χ0n) is 8.20.